The number of carbonyl (C=O) groups is 2. The van der Waals surface area contributed by atoms with Crippen molar-refractivity contribution in [3.05, 3.63) is 75.9 Å². The Balaban J connectivity index is 1.56. The highest BCUT2D eigenvalue weighted by Gasteiger charge is 2.23. The van der Waals surface area contributed by atoms with E-state index in [0.29, 0.717) is 17.5 Å². The molecule has 3 amide bonds. The van der Waals surface area contributed by atoms with E-state index in [2.05, 4.69) is 10.9 Å². The van der Waals surface area contributed by atoms with E-state index in [1.165, 1.54) is 47.3 Å². The van der Waals surface area contributed by atoms with E-state index in [0.717, 1.165) is 5.56 Å². The molecule has 1 atom stereocenters. The summed E-state index contributed by atoms with van der Waals surface area (Å²) in [5, 5.41) is 1.29. The number of hydrogen-bond donors (Lipinski definition) is 3. The highest BCUT2D eigenvalue weighted by Crippen LogP contribution is 2.21. The smallest absolute Gasteiger partial charge is 0.330 e. The summed E-state index contributed by atoms with van der Waals surface area (Å²) < 4.78 is 27.0. The van der Waals surface area contributed by atoms with Gasteiger partial charge in [-0.3, -0.25) is 19.5 Å². The third-order valence-electron chi connectivity index (χ3n) is 5.25. The van der Waals surface area contributed by atoms with E-state index in [-0.39, 0.29) is 43.0 Å². The minimum Gasteiger partial charge on any atom is -0.330 e. The van der Waals surface area contributed by atoms with Crippen molar-refractivity contribution in [3.63, 3.8) is 0 Å². The third kappa shape index (κ3) is 6.51. The predicted octanol–water partition coefficient (Wildman–Crippen LogP) is 3.32. The summed E-state index contributed by atoms with van der Waals surface area (Å²) in [5.74, 6) is -1.22. The molecule has 1 aliphatic heterocycles. The van der Waals surface area contributed by atoms with E-state index in [1.807, 2.05) is 0 Å². The summed E-state index contributed by atoms with van der Waals surface area (Å²) in [4.78, 5) is 31.5. The topological polar surface area (TPSA) is 99.9 Å². The number of halogens is 3. The fourth-order valence-electron chi connectivity index (χ4n) is 3.50. The van der Waals surface area contributed by atoms with Gasteiger partial charge in [-0.2, -0.15) is 0 Å². The maximum absolute atomic E-state index is 13.7. The number of hydrazine groups is 1. The summed E-state index contributed by atoms with van der Waals surface area (Å²) in [6, 6.07) is 7.73. The summed E-state index contributed by atoms with van der Waals surface area (Å²) in [5.41, 5.74) is 13.0. The molecule has 0 saturated carbocycles. The zero-order valence-electron chi connectivity index (χ0n) is 18.6. The van der Waals surface area contributed by atoms with Gasteiger partial charge < -0.3 is 5.73 Å². The van der Waals surface area contributed by atoms with Crippen molar-refractivity contribution in [1.82, 2.24) is 20.8 Å². The van der Waals surface area contributed by atoms with Gasteiger partial charge in [-0.05, 0) is 53.9 Å². The van der Waals surface area contributed by atoms with E-state index in [1.54, 1.807) is 18.2 Å². The SMILES string of the molecule is CC(=O)N(NCc1cccc(F)c1Cl)[C@@H](CCN)CONC(=O)N1C=Cc2cc(F)ccc2C1. The highest BCUT2D eigenvalue weighted by molar-refractivity contribution is 6.31. The zero-order chi connectivity index (χ0) is 24.7. The average Bonchev–Trinajstić information content (AvgIpc) is 2.81. The molecule has 0 fully saturated rings. The molecule has 0 bridgehead atoms. The Morgan fingerprint density at radius 2 is 2.09 bits per heavy atom. The van der Waals surface area contributed by atoms with Crippen molar-refractivity contribution in [3.8, 4) is 0 Å². The Morgan fingerprint density at radius 3 is 2.82 bits per heavy atom. The lowest BCUT2D eigenvalue weighted by atomic mass is 10.0. The molecule has 3 rings (SSSR count). The average molecular weight is 494 g/mol. The number of fused-ring (bicyclic) bond motifs is 1. The maximum Gasteiger partial charge on any atom is 0.345 e. The number of urea groups is 1. The number of carbonyl (C=O) groups excluding carboxylic acids is 2. The number of hydroxylamine groups is 1. The Kier molecular flexibility index (Phi) is 8.94. The van der Waals surface area contributed by atoms with Crippen LogP contribution in [0.4, 0.5) is 13.6 Å². The Labute approximate surface area is 201 Å². The molecular formula is C23H26ClF2N5O3. The molecule has 11 heteroatoms. The Bertz CT molecular complexity index is 1070. The summed E-state index contributed by atoms with van der Waals surface area (Å²) in [6.07, 6.45) is 3.55. The number of hydrogen-bond acceptors (Lipinski definition) is 5. The first-order valence-corrected chi connectivity index (χ1v) is 11.0. The van der Waals surface area contributed by atoms with Gasteiger partial charge in [-0.25, -0.2) is 24.5 Å². The number of nitrogens with one attached hydrogen (secondary N) is 2. The first-order valence-electron chi connectivity index (χ1n) is 10.6. The lowest BCUT2D eigenvalue weighted by Gasteiger charge is -2.31. The second-order valence-electron chi connectivity index (χ2n) is 7.67. The molecular weight excluding hydrogens is 468 g/mol. The largest absolute Gasteiger partial charge is 0.345 e. The molecule has 8 nitrogen and oxygen atoms in total. The maximum atomic E-state index is 13.7. The quantitative estimate of drug-likeness (QED) is 0.465. The van der Waals surface area contributed by atoms with Gasteiger partial charge in [0.25, 0.3) is 0 Å². The van der Waals surface area contributed by atoms with Crippen molar-refractivity contribution in [2.45, 2.75) is 32.5 Å². The molecule has 182 valence electrons. The van der Waals surface area contributed by atoms with Crippen LogP contribution in [0.2, 0.25) is 5.02 Å². The molecule has 0 aliphatic carbocycles. The minimum atomic E-state index is -0.556. The molecule has 34 heavy (non-hydrogen) atoms. The van der Waals surface area contributed by atoms with Gasteiger partial charge in [-0.1, -0.05) is 29.8 Å². The van der Waals surface area contributed by atoms with Crippen LogP contribution in [-0.4, -0.2) is 41.0 Å². The highest BCUT2D eigenvalue weighted by atomic mass is 35.5. The van der Waals surface area contributed by atoms with Gasteiger partial charge >= 0.3 is 6.03 Å². The van der Waals surface area contributed by atoms with Crippen molar-refractivity contribution in [2.24, 2.45) is 5.73 Å². The normalized spacial score (nSPS) is 13.4. The van der Waals surface area contributed by atoms with Crippen LogP contribution in [0.1, 0.15) is 30.0 Å². The molecule has 1 heterocycles. The monoisotopic (exact) mass is 493 g/mol. The van der Waals surface area contributed by atoms with Crippen LogP contribution in [0, 0.1) is 11.6 Å². The van der Waals surface area contributed by atoms with Crippen LogP contribution in [0.3, 0.4) is 0 Å². The van der Waals surface area contributed by atoms with Gasteiger partial charge in [-0.15, -0.1) is 0 Å². The first-order chi connectivity index (χ1) is 16.3. The fourth-order valence-corrected chi connectivity index (χ4v) is 3.69. The summed E-state index contributed by atoms with van der Waals surface area (Å²) >= 11 is 5.99. The number of rotatable bonds is 9. The fraction of sp³-hybridized carbons (Fsp3) is 0.304. The second-order valence-corrected chi connectivity index (χ2v) is 8.05. The molecule has 0 aromatic heterocycles. The van der Waals surface area contributed by atoms with Gasteiger partial charge in [0.2, 0.25) is 5.91 Å². The molecule has 0 saturated heterocycles. The number of amides is 3. The molecule has 2 aromatic carbocycles. The predicted molar refractivity (Wildman–Crippen MR) is 124 cm³/mol. The molecule has 0 unspecified atom stereocenters. The Morgan fingerprint density at radius 1 is 1.29 bits per heavy atom. The van der Waals surface area contributed by atoms with Gasteiger partial charge in [0.05, 0.1) is 24.2 Å². The van der Waals surface area contributed by atoms with Crippen LogP contribution in [0.5, 0.6) is 0 Å². The molecule has 1 aliphatic rings. The van der Waals surface area contributed by atoms with Gasteiger partial charge in [0, 0.05) is 19.7 Å². The number of nitrogens with two attached hydrogens (primary N) is 1. The minimum absolute atomic E-state index is 0.0312. The van der Waals surface area contributed by atoms with E-state index < -0.39 is 17.9 Å². The molecule has 4 N–H and O–H groups in total. The van der Waals surface area contributed by atoms with Crippen molar-refractivity contribution in [2.75, 3.05) is 13.2 Å². The lowest BCUT2D eigenvalue weighted by molar-refractivity contribution is -0.137. The van der Waals surface area contributed by atoms with Crippen LogP contribution in [-0.2, 0) is 22.7 Å². The van der Waals surface area contributed by atoms with Crippen LogP contribution in [0.15, 0.2) is 42.6 Å². The molecule has 0 radical (unpaired) electrons. The van der Waals surface area contributed by atoms with Crippen LogP contribution >= 0.6 is 11.6 Å². The van der Waals surface area contributed by atoms with Gasteiger partial charge in [0.1, 0.15) is 11.6 Å². The first kappa shape index (κ1) is 25.6. The van der Waals surface area contributed by atoms with E-state index in [9.17, 15) is 18.4 Å². The van der Waals surface area contributed by atoms with E-state index >= 15 is 0 Å². The van der Waals surface area contributed by atoms with E-state index in [4.69, 9.17) is 22.2 Å². The number of nitrogens with zero attached hydrogens (tertiary/aromatic N) is 2. The van der Waals surface area contributed by atoms with Crippen molar-refractivity contribution in [1.29, 1.82) is 0 Å². The van der Waals surface area contributed by atoms with Gasteiger partial charge in [0.15, 0.2) is 0 Å². The summed E-state index contributed by atoms with van der Waals surface area (Å²) in [6.45, 7) is 1.93. The van der Waals surface area contributed by atoms with Crippen LogP contribution < -0.4 is 16.6 Å². The number of benzene rings is 2. The molecule has 2 aromatic rings. The lowest BCUT2D eigenvalue weighted by Crippen LogP contribution is -2.52. The standard InChI is InChI=1S/C23H26ClF2N5O3/c1-15(32)31(28-12-17-3-2-4-21(26)22(17)24)20(7-9-27)14-34-29-23(33)30-10-8-16-11-19(25)6-5-18(16)13-30/h2-6,8,10-11,20,28H,7,9,12-14,27H2,1H3,(H,29,33)/t20-/m0/s1. The van der Waals surface area contributed by atoms with Crippen LogP contribution in [0.25, 0.3) is 6.08 Å². The second kappa shape index (κ2) is 11.9. The summed E-state index contributed by atoms with van der Waals surface area (Å²) in [7, 11) is 0. The zero-order valence-corrected chi connectivity index (χ0v) is 19.3. The van der Waals surface area contributed by atoms with Crippen molar-refractivity contribution >= 4 is 29.6 Å². The van der Waals surface area contributed by atoms with Crippen molar-refractivity contribution < 1.29 is 23.2 Å². The Hall–Kier alpha value is -3.05. The third-order valence-corrected chi connectivity index (χ3v) is 5.68. The molecule has 0 spiro atoms.